The van der Waals surface area contributed by atoms with Crippen LogP contribution < -0.4 is 4.74 Å². The van der Waals surface area contributed by atoms with Crippen LogP contribution in [-0.4, -0.2) is 23.9 Å². The lowest BCUT2D eigenvalue weighted by Gasteiger charge is -2.19. The number of halogens is 1. The number of hydrogen-bond donors (Lipinski definition) is 0. The monoisotopic (exact) mass is 374 g/mol. The highest BCUT2D eigenvalue weighted by atomic mass is 79.9. The number of rotatable bonds is 3. The number of benzene rings is 2. The molecule has 0 radical (unpaired) electrons. The molecule has 6 heteroatoms. The molecule has 23 heavy (non-hydrogen) atoms. The molecule has 0 unspecified atom stereocenters. The maximum Gasteiger partial charge on any atom is 0.244 e. The summed E-state index contributed by atoms with van der Waals surface area (Å²) < 4.78 is 12.2. The van der Waals surface area contributed by atoms with Gasteiger partial charge in [0.25, 0.3) is 0 Å². The molecule has 0 aromatic heterocycles. The first kappa shape index (κ1) is 15.6. The van der Waals surface area contributed by atoms with Crippen LogP contribution in [-0.2, 0) is 9.53 Å². The maximum atomic E-state index is 11.9. The lowest BCUT2D eigenvalue weighted by molar-refractivity contribution is -0.135. The van der Waals surface area contributed by atoms with Crippen LogP contribution in [0.25, 0.3) is 0 Å². The molecule has 0 spiro atoms. The Balaban J connectivity index is 1.97. The van der Waals surface area contributed by atoms with Crippen LogP contribution in [0.15, 0.2) is 58.1 Å². The van der Waals surface area contributed by atoms with Gasteiger partial charge in [0.05, 0.1) is 12.7 Å². The van der Waals surface area contributed by atoms with Crippen molar-refractivity contribution in [3.05, 3.63) is 64.1 Å². The van der Waals surface area contributed by atoms with Crippen molar-refractivity contribution in [3.8, 4) is 5.75 Å². The number of carbonyl (C=O) groups excluding carboxylic acids is 1. The van der Waals surface area contributed by atoms with E-state index in [-0.39, 0.29) is 5.91 Å². The molecular formula is C17H15BrN2O3. The minimum absolute atomic E-state index is 0.192. The van der Waals surface area contributed by atoms with Crippen LogP contribution in [0.5, 0.6) is 5.75 Å². The van der Waals surface area contributed by atoms with Crippen LogP contribution in [0, 0.1) is 0 Å². The Morgan fingerprint density at radius 1 is 1.22 bits per heavy atom. The summed E-state index contributed by atoms with van der Waals surface area (Å²) in [5, 5.41) is 5.67. The molecule has 2 aromatic carbocycles. The number of carbonyl (C=O) groups is 1. The van der Waals surface area contributed by atoms with Gasteiger partial charge in [-0.1, -0.05) is 40.2 Å². The number of methoxy groups -OCH3 is 1. The zero-order valence-electron chi connectivity index (χ0n) is 12.7. The smallest absolute Gasteiger partial charge is 0.244 e. The van der Waals surface area contributed by atoms with Crippen LogP contribution in [0.3, 0.4) is 0 Å². The third kappa shape index (κ3) is 3.07. The van der Waals surface area contributed by atoms with Crippen molar-refractivity contribution in [2.75, 3.05) is 7.11 Å². The van der Waals surface area contributed by atoms with E-state index < -0.39 is 6.23 Å². The fourth-order valence-electron chi connectivity index (χ4n) is 2.34. The number of ether oxygens (including phenoxy) is 2. The molecule has 0 bridgehead atoms. The number of nitrogens with zero attached hydrogens (tertiary/aromatic N) is 2. The molecule has 1 heterocycles. The van der Waals surface area contributed by atoms with Crippen molar-refractivity contribution in [1.29, 1.82) is 0 Å². The second-order valence-corrected chi connectivity index (χ2v) is 5.91. The van der Waals surface area contributed by atoms with Gasteiger partial charge in [0.1, 0.15) is 5.75 Å². The quantitative estimate of drug-likeness (QED) is 0.822. The number of hydrogen-bond acceptors (Lipinski definition) is 4. The molecule has 0 saturated carbocycles. The second-order valence-electron chi connectivity index (χ2n) is 4.99. The van der Waals surface area contributed by atoms with Crippen molar-refractivity contribution >= 4 is 27.7 Å². The van der Waals surface area contributed by atoms with Crippen LogP contribution in [0.1, 0.15) is 24.3 Å². The van der Waals surface area contributed by atoms with Gasteiger partial charge in [-0.2, -0.15) is 5.01 Å². The Morgan fingerprint density at radius 3 is 2.57 bits per heavy atom. The Kier molecular flexibility index (Phi) is 4.34. The van der Waals surface area contributed by atoms with Gasteiger partial charge in [-0.05, 0) is 24.3 Å². The van der Waals surface area contributed by atoms with E-state index in [1.54, 1.807) is 7.11 Å². The van der Waals surface area contributed by atoms with Crippen molar-refractivity contribution in [1.82, 2.24) is 5.01 Å². The van der Waals surface area contributed by atoms with Crippen LogP contribution in [0.2, 0.25) is 0 Å². The third-order valence-electron chi connectivity index (χ3n) is 3.46. The lowest BCUT2D eigenvalue weighted by atomic mass is 10.2. The van der Waals surface area contributed by atoms with Gasteiger partial charge >= 0.3 is 0 Å². The maximum absolute atomic E-state index is 11.9. The van der Waals surface area contributed by atoms with Crippen molar-refractivity contribution in [3.63, 3.8) is 0 Å². The molecule has 1 aliphatic rings. The molecule has 1 aliphatic heterocycles. The van der Waals surface area contributed by atoms with E-state index >= 15 is 0 Å². The van der Waals surface area contributed by atoms with Crippen molar-refractivity contribution in [2.24, 2.45) is 5.10 Å². The predicted molar refractivity (Wildman–Crippen MR) is 90.0 cm³/mol. The van der Waals surface area contributed by atoms with Crippen LogP contribution >= 0.6 is 15.9 Å². The number of amides is 1. The molecule has 3 rings (SSSR count). The average molecular weight is 375 g/mol. The van der Waals surface area contributed by atoms with Gasteiger partial charge < -0.3 is 9.47 Å². The average Bonchev–Trinajstić information content (AvgIpc) is 3.01. The summed E-state index contributed by atoms with van der Waals surface area (Å²) in [6.07, 6.45) is -0.583. The molecule has 0 saturated heterocycles. The second kappa shape index (κ2) is 6.42. The van der Waals surface area contributed by atoms with Crippen LogP contribution in [0.4, 0.5) is 0 Å². The minimum atomic E-state index is -0.583. The lowest BCUT2D eigenvalue weighted by Crippen LogP contribution is -2.25. The molecule has 0 aliphatic carbocycles. The zero-order valence-corrected chi connectivity index (χ0v) is 14.3. The Labute approximate surface area is 142 Å². The molecule has 5 nitrogen and oxygen atoms in total. The van der Waals surface area contributed by atoms with E-state index in [4.69, 9.17) is 9.47 Å². The summed E-state index contributed by atoms with van der Waals surface area (Å²) in [7, 11) is 1.59. The fourth-order valence-corrected chi connectivity index (χ4v) is 2.60. The summed E-state index contributed by atoms with van der Waals surface area (Å²) >= 11 is 3.40. The summed E-state index contributed by atoms with van der Waals surface area (Å²) in [5.74, 6) is 0.819. The highest BCUT2D eigenvalue weighted by Crippen LogP contribution is 2.33. The zero-order chi connectivity index (χ0) is 16.4. The minimum Gasteiger partial charge on any atom is -0.496 e. The van der Waals surface area contributed by atoms with Gasteiger partial charge in [0.15, 0.2) is 0 Å². The van der Waals surface area contributed by atoms with E-state index in [2.05, 4.69) is 21.0 Å². The van der Waals surface area contributed by atoms with Gasteiger partial charge in [-0.25, -0.2) is 0 Å². The first-order valence-corrected chi connectivity index (χ1v) is 7.83. The molecule has 1 amide bonds. The highest BCUT2D eigenvalue weighted by Gasteiger charge is 2.33. The summed E-state index contributed by atoms with van der Waals surface area (Å²) in [5.41, 5.74) is 1.55. The SMILES string of the molecule is COc1ccccc1C1=NN(C(C)=O)[C@@H](c2ccc(Br)cc2)O1. The molecular weight excluding hydrogens is 360 g/mol. The Bertz CT molecular complexity index is 759. The molecule has 0 N–H and O–H groups in total. The van der Waals surface area contributed by atoms with Gasteiger partial charge in [-0.3, -0.25) is 4.79 Å². The van der Waals surface area contributed by atoms with E-state index in [0.717, 1.165) is 10.0 Å². The largest absolute Gasteiger partial charge is 0.496 e. The molecule has 0 fully saturated rings. The first-order chi connectivity index (χ1) is 11.1. The molecule has 1 atom stereocenters. The Morgan fingerprint density at radius 2 is 1.91 bits per heavy atom. The van der Waals surface area contributed by atoms with Crippen molar-refractivity contribution < 1.29 is 14.3 Å². The molecule has 2 aromatic rings. The van der Waals surface area contributed by atoms with E-state index in [1.807, 2.05) is 48.5 Å². The van der Waals surface area contributed by atoms with E-state index in [0.29, 0.717) is 17.2 Å². The van der Waals surface area contributed by atoms with Crippen molar-refractivity contribution in [2.45, 2.75) is 13.2 Å². The van der Waals surface area contributed by atoms with E-state index in [9.17, 15) is 4.79 Å². The normalized spacial score (nSPS) is 16.7. The predicted octanol–water partition coefficient (Wildman–Crippen LogP) is 3.70. The molecule has 118 valence electrons. The Hall–Kier alpha value is -2.34. The standard InChI is InChI=1S/C17H15BrN2O3/c1-11(21)20-17(12-7-9-13(18)10-8-12)23-16(19-20)14-5-3-4-6-15(14)22-2/h3-10,17H,1-2H3/t17-/m1/s1. The summed E-state index contributed by atoms with van der Waals surface area (Å²) in [4.78, 5) is 11.9. The summed E-state index contributed by atoms with van der Waals surface area (Å²) in [6, 6.07) is 15.0. The number of para-hydroxylation sites is 1. The topological polar surface area (TPSA) is 51.1 Å². The number of hydrazone groups is 1. The van der Waals surface area contributed by atoms with Gasteiger partial charge in [0.2, 0.25) is 18.0 Å². The first-order valence-electron chi connectivity index (χ1n) is 7.04. The van der Waals surface area contributed by atoms with Gasteiger partial charge in [0, 0.05) is 17.0 Å². The summed E-state index contributed by atoms with van der Waals surface area (Å²) in [6.45, 7) is 1.46. The van der Waals surface area contributed by atoms with Gasteiger partial charge in [-0.15, -0.1) is 5.10 Å². The van der Waals surface area contributed by atoms with E-state index in [1.165, 1.54) is 11.9 Å². The fraction of sp³-hybridized carbons (Fsp3) is 0.176. The highest BCUT2D eigenvalue weighted by molar-refractivity contribution is 9.10. The third-order valence-corrected chi connectivity index (χ3v) is 3.99.